The Morgan fingerprint density at radius 3 is 2.90 bits per heavy atom. The fourth-order valence-corrected chi connectivity index (χ4v) is 2.18. The number of hydrogen-bond donors (Lipinski definition) is 2. The highest BCUT2D eigenvalue weighted by molar-refractivity contribution is 7.99. The number of benzene rings is 1. The molecule has 0 bridgehead atoms. The van der Waals surface area contributed by atoms with Crippen LogP contribution in [-0.2, 0) is 4.79 Å². The molecule has 1 aromatic carbocycles. The largest absolute Gasteiger partial charge is 0.508 e. The van der Waals surface area contributed by atoms with Crippen molar-refractivity contribution in [2.75, 3.05) is 12.3 Å². The van der Waals surface area contributed by atoms with Crippen molar-refractivity contribution in [1.29, 1.82) is 5.26 Å². The highest BCUT2D eigenvalue weighted by Gasteiger charge is 2.11. The zero-order valence-electron chi connectivity index (χ0n) is 10.9. The number of amides is 1. The minimum atomic E-state index is -0.185. The van der Waals surface area contributed by atoms with E-state index in [2.05, 4.69) is 20.8 Å². The molecule has 21 heavy (non-hydrogen) atoms. The first-order chi connectivity index (χ1) is 10.2. The van der Waals surface area contributed by atoms with E-state index in [4.69, 9.17) is 5.26 Å². The maximum absolute atomic E-state index is 11.6. The van der Waals surface area contributed by atoms with Gasteiger partial charge in [0.15, 0.2) is 0 Å². The smallest absolute Gasteiger partial charge is 0.230 e. The van der Waals surface area contributed by atoms with E-state index in [-0.39, 0.29) is 23.8 Å². The zero-order chi connectivity index (χ0) is 15.1. The maximum atomic E-state index is 11.6. The quantitative estimate of drug-likeness (QED) is 0.589. The van der Waals surface area contributed by atoms with Crippen LogP contribution < -0.4 is 5.32 Å². The number of carbonyl (C=O) groups excluding carboxylic acids is 1. The van der Waals surface area contributed by atoms with Crippen LogP contribution in [0.3, 0.4) is 0 Å². The Labute approximate surface area is 124 Å². The highest BCUT2D eigenvalue weighted by atomic mass is 32.2. The third-order valence-corrected chi connectivity index (χ3v) is 3.35. The Balaban J connectivity index is 1.96. The predicted molar refractivity (Wildman–Crippen MR) is 74.8 cm³/mol. The first kappa shape index (κ1) is 14.8. The number of aromatic hydroxyl groups is 1. The number of carbonyl (C=O) groups is 1. The molecule has 2 rings (SSSR count). The summed E-state index contributed by atoms with van der Waals surface area (Å²) in [7, 11) is 0. The van der Waals surface area contributed by atoms with Crippen LogP contribution >= 0.6 is 11.8 Å². The SMILES string of the molecule is N#CCCNC(=O)CSc1nnnn1-c1ccc(O)cc1. The van der Waals surface area contributed by atoms with E-state index < -0.39 is 0 Å². The van der Waals surface area contributed by atoms with Crippen molar-refractivity contribution in [2.24, 2.45) is 0 Å². The van der Waals surface area contributed by atoms with Crippen molar-refractivity contribution in [3.8, 4) is 17.5 Å². The second-order valence-electron chi connectivity index (χ2n) is 3.94. The lowest BCUT2D eigenvalue weighted by Gasteiger charge is -2.04. The number of hydrogen-bond acceptors (Lipinski definition) is 7. The molecule has 1 heterocycles. The summed E-state index contributed by atoms with van der Waals surface area (Å²) in [5.74, 6) is 0.123. The fraction of sp³-hybridized carbons (Fsp3) is 0.250. The van der Waals surface area contributed by atoms with Crippen molar-refractivity contribution >= 4 is 17.7 Å². The Morgan fingerprint density at radius 2 is 2.19 bits per heavy atom. The van der Waals surface area contributed by atoms with E-state index in [1.54, 1.807) is 12.1 Å². The van der Waals surface area contributed by atoms with Crippen molar-refractivity contribution in [1.82, 2.24) is 25.5 Å². The Morgan fingerprint density at radius 1 is 1.43 bits per heavy atom. The van der Waals surface area contributed by atoms with Crippen molar-refractivity contribution in [2.45, 2.75) is 11.6 Å². The van der Waals surface area contributed by atoms with E-state index >= 15 is 0 Å². The standard InChI is InChI=1S/C12H12N6O2S/c13-6-1-7-14-11(20)8-21-12-15-16-17-18(12)9-2-4-10(19)5-3-9/h2-5,19H,1,7-8H2,(H,14,20). The van der Waals surface area contributed by atoms with E-state index in [0.717, 1.165) is 0 Å². The Bertz CT molecular complexity index is 649. The van der Waals surface area contributed by atoms with E-state index in [0.29, 0.717) is 17.4 Å². The maximum Gasteiger partial charge on any atom is 0.230 e. The summed E-state index contributed by atoms with van der Waals surface area (Å²) < 4.78 is 1.48. The van der Waals surface area contributed by atoms with Crippen molar-refractivity contribution in [3.05, 3.63) is 24.3 Å². The van der Waals surface area contributed by atoms with Crippen LogP contribution in [0.25, 0.3) is 5.69 Å². The lowest BCUT2D eigenvalue weighted by molar-refractivity contribution is -0.118. The molecular weight excluding hydrogens is 292 g/mol. The van der Waals surface area contributed by atoms with Gasteiger partial charge in [-0.3, -0.25) is 4.79 Å². The van der Waals surface area contributed by atoms with Crippen LogP contribution in [0.15, 0.2) is 29.4 Å². The third kappa shape index (κ3) is 4.19. The molecule has 9 heteroatoms. The van der Waals surface area contributed by atoms with Gasteiger partial charge < -0.3 is 10.4 Å². The Kier molecular flexibility index (Phi) is 5.11. The van der Waals surface area contributed by atoms with Gasteiger partial charge in [0, 0.05) is 6.54 Å². The van der Waals surface area contributed by atoms with Crippen LogP contribution in [-0.4, -0.2) is 43.5 Å². The van der Waals surface area contributed by atoms with Crippen molar-refractivity contribution < 1.29 is 9.90 Å². The van der Waals surface area contributed by atoms with Gasteiger partial charge in [0.2, 0.25) is 11.1 Å². The number of nitriles is 1. The van der Waals surface area contributed by atoms with Gasteiger partial charge in [-0.25, -0.2) is 0 Å². The lowest BCUT2D eigenvalue weighted by atomic mass is 10.3. The fourth-order valence-electron chi connectivity index (χ4n) is 1.46. The molecule has 2 N–H and O–H groups in total. The van der Waals surface area contributed by atoms with Gasteiger partial charge >= 0.3 is 0 Å². The average molecular weight is 304 g/mol. The minimum Gasteiger partial charge on any atom is -0.508 e. The van der Waals surface area contributed by atoms with Crippen LogP contribution in [0.5, 0.6) is 5.75 Å². The average Bonchev–Trinajstić information content (AvgIpc) is 2.95. The summed E-state index contributed by atoms with van der Waals surface area (Å²) in [6, 6.07) is 8.34. The van der Waals surface area contributed by atoms with Crippen LogP contribution in [0, 0.1) is 11.3 Å². The minimum absolute atomic E-state index is 0.151. The molecule has 0 radical (unpaired) electrons. The molecule has 0 saturated heterocycles. The van der Waals surface area contributed by atoms with E-state index in [1.807, 2.05) is 6.07 Å². The summed E-state index contributed by atoms with van der Waals surface area (Å²) in [6.07, 6.45) is 0.279. The van der Waals surface area contributed by atoms with Gasteiger partial charge in [0.05, 0.1) is 23.9 Å². The van der Waals surface area contributed by atoms with Gasteiger partial charge in [-0.1, -0.05) is 11.8 Å². The first-order valence-electron chi connectivity index (χ1n) is 6.05. The molecule has 0 aliphatic carbocycles. The lowest BCUT2D eigenvalue weighted by Crippen LogP contribution is -2.26. The number of nitrogens with one attached hydrogen (secondary N) is 1. The molecule has 0 unspecified atom stereocenters. The number of rotatable bonds is 6. The molecule has 0 aliphatic rings. The van der Waals surface area contributed by atoms with Crippen LogP contribution in [0.1, 0.15) is 6.42 Å². The topological polar surface area (TPSA) is 117 Å². The molecule has 8 nitrogen and oxygen atoms in total. The van der Waals surface area contributed by atoms with Gasteiger partial charge in [0.25, 0.3) is 0 Å². The molecule has 1 amide bonds. The van der Waals surface area contributed by atoms with Crippen molar-refractivity contribution in [3.63, 3.8) is 0 Å². The van der Waals surface area contributed by atoms with Crippen LogP contribution in [0.2, 0.25) is 0 Å². The van der Waals surface area contributed by atoms with Gasteiger partial charge in [-0.05, 0) is 34.7 Å². The zero-order valence-corrected chi connectivity index (χ0v) is 11.7. The number of thioether (sulfide) groups is 1. The molecule has 0 fully saturated rings. The molecule has 0 saturated carbocycles. The summed E-state index contributed by atoms with van der Waals surface area (Å²) in [4.78, 5) is 11.6. The number of phenols is 1. The number of tetrazole rings is 1. The monoisotopic (exact) mass is 304 g/mol. The summed E-state index contributed by atoms with van der Waals surface area (Å²) in [5, 5.41) is 32.0. The summed E-state index contributed by atoms with van der Waals surface area (Å²) >= 11 is 1.19. The molecule has 1 aromatic heterocycles. The van der Waals surface area contributed by atoms with Gasteiger partial charge in [-0.15, -0.1) is 5.10 Å². The highest BCUT2D eigenvalue weighted by Crippen LogP contribution is 2.19. The predicted octanol–water partition coefficient (Wildman–Crippen LogP) is 0.490. The molecule has 108 valence electrons. The van der Waals surface area contributed by atoms with Gasteiger partial charge in [-0.2, -0.15) is 9.94 Å². The summed E-state index contributed by atoms with van der Waals surface area (Å²) in [5.41, 5.74) is 0.685. The molecular formula is C12H12N6O2S. The Hall–Kier alpha value is -2.60. The second-order valence-corrected chi connectivity index (χ2v) is 4.88. The number of nitrogens with zero attached hydrogens (tertiary/aromatic N) is 5. The normalized spacial score (nSPS) is 10.0. The summed E-state index contributed by atoms with van der Waals surface area (Å²) in [6.45, 7) is 0.332. The number of phenolic OH excluding ortho intramolecular Hbond substituents is 1. The third-order valence-electron chi connectivity index (χ3n) is 2.43. The molecule has 0 atom stereocenters. The van der Waals surface area contributed by atoms with Gasteiger partial charge in [0.1, 0.15) is 5.75 Å². The number of aromatic nitrogens is 4. The first-order valence-corrected chi connectivity index (χ1v) is 7.03. The second kappa shape index (κ2) is 7.25. The van der Waals surface area contributed by atoms with E-state index in [9.17, 15) is 9.90 Å². The molecule has 0 aliphatic heterocycles. The molecule has 2 aromatic rings. The van der Waals surface area contributed by atoms with E-state index in [1.165, 1.54) is 28.6 Å². The molecule has 0 spiro atoms. The van der Waals surface area contributed by atoms with Crippen LogP contribution in [0.4, 0.5) is 0 Å².